The van der Waals surface area contributed by atoms with Crippen LogP contribution in [0.25, 0.3) is 0 Å². The van der Waals surface area contributed by atoms with Gasteiger partial charge in [-0.15, -0.1) is 11.3 Å². The van der Waals surface area contributed by atoms with Crippen molar-refractivity contribution >= 4 is 11.3 Å². The number of hydrogen-bond acceptors (Lipinski definition) is 3. The monoisotopic (exact) mass is 279 g/mol. The summed E-state index contributed by atoms with van der Waals surface area (Å²) in [6, 6.07) is 6.50. The average molecular weight is 279 g/mol. The van der Waals surface area contributed by atoms with Gasteiger partial charge in [-0.3, -0.25) is 0 Å². The summed E-state index contributed by atoms with van der Waals surface area (Å²) in [6.07, 6.45) is -0.504. The molecule has 1 aromatic carbocycles. The van der Waals surface area contributed by atoms with E-state index in [-0.39, 0.29) is 11.2 Å². The maximum absolute atomic E-state index is 13.0. The molecule has 0 aliphatic heterocycles. The molecule has 0 aliphatic carbocycles. The van der Waals surface area contributed by atoms with E-state index in [9.17, 15) is 9.50 Å². The molecule has 0 bridgehead atoms. The van der Waals surface area contributed by atoms with Crippen LogP contribution in [-0.4, -0.2) is 10.1 Å². The first-order valence-electron chi connectivity index (χ1n) is 6.24. The minimum absolute atomic E-state index is 0.237. The second-order valence-electron chi connectivity index (χ2n) is 5.28. The first-order valence-corrected chi connectivity index (χ1v) is 7.06. The lowest BCUT2D eigenvalue weighted by molar-refractivity contribution is 0.202. The van der Waals surface area contributed by atoms with Crippen LogP contribution in [0.4, 0.5) is 4.39 Å². The van der Waals surface area contributed by atoms with Gasteiger partial charge in [-0.1, -0.05) is 12.1 Å². The first-order chi connectivity index (χ1) is 8.82. The van der Waals surface area contributed by atoms with Crippen LogP contribution in [0.1, 0.15) is 48.0 Å². The molecular weight excluding hydrogens is 261 g/mol. The Balaban J connectivity index is 2.44. The molecule has 0 saturated carbocycles. The molecule has 19 heavy (non-hydrogen) atoms. The number of aryl methyl sites for hydroxylation is 1. The van der Waals surface area contributed by atoms with Gasteiger partial charge in [0.25, 0.3) is 0 Å². The number of nitrogens with zero attached hydrogens (tertiary/aromatic N) is 1. The van der Waals surface area contributed by atoms with Gasteiger partial charge in [0.2, 0.25) is 0 Å². The molecule has 1 heterocycles. The van der Waals surface area contributed by atoms with Crippen molar-refractivity contribution in [3.05, 3.63) is 51.2 Å². The zero-order valence-electron chi connectivity index (χ0n) is 11.6. The molecule has 0 radical (unpaired) electrons. The van der Waals surface area contributed by atoms with Gasteiger partial charge in [-0.05, 0) is 45.4 Å². The summed E-state index contributed by atoms with van der Waals surface area (Å²) in [5.74, 6) is -0.237. The quantitative estimate of drug-likeness (QED) is 0.922. The smallest absolute Gasteiger partial charge is 0.123 e. The second kappa shape index (κ2) is 5.02. The van der Waals surface area contributed by atoms with Crippen LogP contribution < -0.4 is 0 Å². The van der Waals surface area contributed by atoms with Gasteiger partial charge in [-0.25, -0.2) is 9.37 Å². The van der Waals surface area contributed by atoms with Crippen LogP contribution in [0.3, 0.4) is 0 Å². The Labute approximate surface area is 116 Å². The van der Waals surface area contributed by atoms with Crippen molar-refractivity contribution in [3.63, 3.8) is 0 Å². The molecule has 0 aliphatic rings. The zero-order valence-corrected chi connectivity index (χ0v) is 12.4. The highest BCUT2D eigenvalue weighted by molar-refractivity contribution is 7.12. The van der Waals surface area contributed by atoms with Gasteiger partial charge in [0.1, 0.15) is 10.8 Å². The van der Waals surface area contributed by atoms with Crippen molar-refractivity contribution in [2.24, 2.45) is 0 Å². The van der Waals surface area contributed by atoms with E-state index in [0.29, 0.717) is 0 Å². The number of halogens is 1. The van der Waals surface area contributed by atoms with Crippen molar-refractivity contribution in [2.45, 2.75) is 39.2 Å². The van der Waals surface area contributed by atoms with E-state index in [4.69, 9.17) is 0 Å². The van der Waals surface area contributed by atoms with Gasteiger partial charge >= 0.3 is 0 Å². The van der Waals surface area contributed by atoms with Crippen molar-refractivity contribution < 1.29 is 9.50 Å². The SMILES string of the molecule is Cc1nc(C(C)(C)c2ccc(F)cc2)sc1C(C)O. The topological polar surface area (TPSA) is 33.1 Å². The lowest BCUT2D eigenvalue weighted by atomic mass is 9.85. The Morgan fingerprint density at radius 2 is 1.84 bits per heavy atom. The van der Waals surface area contributed by atoms with Crippen LogP contribution in [-0.2, 0) is 5.41 Å². The molecule has 0 spiro atoms. The third-order valence-corrected chi connectivity index (χ3v) is 4.96. The summed E-state index contributed by atoms with van der Waals surface area (Å²) in [5.41, 5.74) is 1.58. The van der Waals surface area contributed by atoms with E-state index < -0.39 is 6.10 Å². The van der Waals surface area contributed by atoms with E-state index in [1.807, 2.05) is 6.92 Å². The Kier molecular flexibility index (Phi) is 3.74. The average Bonchev–Trinajstić information content (AvgIpc) is 2.72. The predicted molar refractivity (Wildman–Crippen MR) is 76.0 cm³/mol. The predicted octanol–water partition coefficient (Wildman–Crippen LogP) is 3.97. The van der Waals surface area contributed by atoms with E-state index in [2.05, 4.69) is 18.8 Å². The van der Waals surface area contributed by atoms with E-state index in [0.717, 1.165) is 21.1 Å². The number of benzene rings is 1. The number of aromatic nitrogens is 1. The molecule has 102 valence electrons. The fourth-order valence-corrected chi connectivity index (χ4v) is 3.18. The zero-order chi connectivity index (χ0) is 14.2. The Morgan fingerprint density at radius 3 is 2.32 bits per heavy atom. The second-order valence-corrected chi connectivity index (χ2v) is 6.31. The molecule has 1 aromatic heterocycles. The number of aliphatic hydroxyl groups is 1. The number of aliphatic hydroxyl groups excluding tert-OH is 1. The van der Waals surface area contributed by atoms with Gasteiger partial charge < -0.3 is 5.11 Å². The third kappa shape index (κ3) is 2.69. The van der Waals surface area contributed by atoms with Crippen molar-refractivity contribution in [2.75, 3.05) is 0 Å². The Bertz CT molecular complexity index is 572. The fraction of sp³-hybridized carbons (Fsp3) is 0.400. The molecule has 4 heteroatoms. The normalized spacial score (nSPS) is 13.6. The van der Waals surface area contributed by atoms with Gasteiger partial charge in [-0.2, -0.15) is 0 Å². The minimum Gasteiger partial charge on any atom is -0.388 e. The van der Waals surface area contributed by atoms with Crippen molar-refractivity contribution in [1.82, 2.24) is 4.98 Å². The largest absolute Gasteiger partial charge is 0.388 e. The van der Waals surface area contributed by atoms with Crippen LogP contribution >= 0.6 is 11.3 Å². The summed E-state index contributed by atoms with van der Waals surface area (Å²) < 4.78 is 13.0. The van der Waals surface area contributed by atoms with Gasteiger partial charge in [0, 0.05) is 5.41 Å². The number of rotatable bonds is 3. The molecule has 0 saturated heterocycles. The fourth-order valence-electron chi connectivity index (χ4n) is 2.05. The minimum atomic E-state index is -0.504. The lowest BCUT2D eigenvalue weighted by Crippen LogP contribution is -2.18. The van der Waals surface area contributed by atoms with Gasteiger partial charge in [0.15, 0.2) is 0 Å². The first kappa shape index (κ1) is 14.2. The molecule has 1 N–H and O–H groups in total. The molecule has 1 atom stereocenters. The van der Waals surface area contributed by atoms with Crippen LogP contribution in [0.2, 0.25) is 0 Å². The molecule has 0 amide bonds. The Morgan fingerprint density at radius 1 is 1.26 bits per heavy atom. The highest BCUT2D eigenvalue weighted by atomic mass is 32.1. The third-order valence-electron chi connectivity index (χ3n) is 3.31. The van der Waals surface area contributed by atoms with Gasteiger partial charge in [0.05, 0.1) is 16.7 Å². The molecule has 2 rings (SSSR count). The molecule has 0 fully saturated rings. The highest BCUT2D eigenvalue weighted by Crippen LogP contribution is 2.37. The summed E-state index contributed by atoms with van der Waals surface area (Å²) in [7, 11) is 0. The number of hydrogen-bond donors (Lipinski definition) is 1. The highest BCUT2D eigenvalue weighted by Gasteiger charge is 2.28. The lowest BCUT2D eigenvalue weighted by Gasteiger charge is -2.22. The molecular formula is C15H18FNOS. The summed E-state index contributed by atoms with van der Waals surface area (Å²) in [5, 5.41) is 10.6. The van der Waals surface area contributed by atoms with E-state index in [1.165, 1.54) is 23.5 Å². The maximum atomic E-state index is 13.0. The summed E-state index contributed by atoms with van der Waals surface area (Å²) in [6.45, 7) is 7.77. The standard InChI is InChI=1S/C15H18FNOS/c1-9-13(10(2)18)19-14(17-9)15(3,4)11-5-7-12(16)8-6-11/h5-8,10,18H,1-4H3. The Hall–Kier alpha value is -1.26. The molecule has 1 unspecified atom stereocenters. The summed E-state index contributed by atoms with van der Waals surface area (Å²) in [4.78, 5) is 5.46. The maximum Gasteiger partial charge on any atom is 0.123 e. The van der Waals surface area contributed by atoms with Crippen molar-refractivity contribution in [1.29, 1.82) is 0 Å². The van der Waals surface area contributed by atoms with E-state index in [1.54, 1.807) is 19.1 Å². The van der Waals surface area contributed by atoms with E-state index >= 15 is 0 Å². The molecule has 2 nitrogen and oxygen atoms in total. The van der Waals surface area contributed by atoms with Crippen LogP contribution in [0.15, 0.2) is 24.3 Å². The van der Waals surface area contributed by atoms with Crippen LogP contribution in [0.5, 0.6) is 0 Å². The molecule has 2 aromatic rings. The number of thiazole rings is 1. The van der Waals surface area contributed by atoms with Crippen LogP contribution in [0, 0.1) is 12.7 Å². The van der Waals surface area contributed by atoms with Crippen molar-refractivity contribution in [3.8, 4) is 0 Å². The summed E-state index contributed by atoms with van der Waals surface area (Å²) >= 11 is 1.52.